The number of methoxy groups -OCH3 is 1. The van der Waals surface area contributed by atoms with E-state index in [1.165, 1.54) is 7.11 Å². The molecule has 1 aromatic carbocycles. The molecule has 0 aliphatic carbocycles. The first kappa shape index (κ1) is 17.0. The third-order valence-corrected chi connectivity index (χ3v) is 3.27. The number of nitrogens with one attached hydrogen (secondary N) is 2. The molecule has 0 saturated heterocycles. The van der Waals surface area contributed by atoms with Crippen molar-refractivity contribution in [2.24, 2.45) is 0 Å². The molecule has 7 heteroatoms. The SMILES string of the molecule is COCC(C)(CCO)NC(=O)Nc1ccc(Cl)cc1Cl. The monoisotopic (exact) mass is 320 g/mol. The molecule has 20 heavy (non-hydrogen) atoms. The van der Waals surface area contributed by atoms with Gasteiger partial charge in [0.2, 0.25) is 0 Å². The van der Waals surface area contributed by atoms with Crippen LogP contribution in [0.15, 0.2) is 18.2 Å². The molecule has 0 spiro atoms. The Labute approximate surface area is 128 Å². The first-order valence-electron chi connectivity index (χ1n) is 6.04. The Bertz CT molecular complexity index is 463. The summed E-state index contributed by atoms with van der Waals surface area (Å²) in [6.07, 6.45) is 0.378. The van der Waals surface area contributed by atoms with Gasteiger partial charge < -0.3 is 20.5 Å². The van der Waals surface area contributed by atoms with Crippen LogP contribution < -0.4 is 10.6 Å². The third-order valence-electron chi connectivity index (χ3n) is 2.72. The van der Waals surface area contributed by atoms with E-state index in [1.807, 2.05) is 0 Å². The van der Waals surface area contributed by atoms with Crippen LogP contribution >= 0.6 is 23.2 Å². The Kier molecular flexibility index (Phi) is 6.55. The number of carbonyl (C=O) groups is 1. The minimum absolute atomic E-state index is 0.0537. The lowest BCUT2D eigenvalue weighted by Crippen LogP contribution is -2.51. The summed E-state index contributed by atoms with van der Waals surface area (Å²) in [5, 5.41) is 15.3. The van der Waals surface area contributed by atoms with Crippen molar-refractivity contribution in [3.63, 3.8) is 0 Å². The molecule has 112 valence electrons. The first-order valence-corrected chi connectivity index (χ1v) is 6.80. The highest BCUT2D eigenvalue weighted by molar-refractivity contribution is 6.36. The van der Waals surface area contributed by atoms with Crippen molar-refractivity contribution in [2.45, 2.75) is 18.9 Å². The Morgan fingerprint density at radius 2 is 2.15 bits per heavy atom. The lowest BCUT2D eigenvalue weighted by Gasteiger charge is -2.29. The second kappa shape index (κ2) is 7.69. The van der Waals surface area contributed by atoms with Gasteiger partial charge in [-0.05, 0) is 31.5 Å². The summed E-state index contributed by atoms with van der Waals surface area (Å²) in [7, 11) is 1.53. The summed E-state index contributed by atoms with van der Waals surface area (Å²) in [5.41, 5.74) is -0.204. The molecular formula is C13H18Cl2N2O3. The van der Waals surface area contributed by atoms with Crippen molar-refractivity contribution in [1.82, 2.24) is 5.32 Å². The number of rotatable bonds is 6. The Hall–Kier alpha value is -1.01. The van der Waals surface area contributed by atoms with E-state index in [4.69, 9.17) is 33.0 Å². The molecule has 0 aliphatic rings. The third kappa shape index (κ3) is 5.17. The van der Waals surface area contributed by atoms with Crippen LogP contribution in [0.5, 0.6) is 0 Å². The number of halogens is 2. The van der Waals surface area contributed by atoms with Gasteiger partial charge in [-0.2, -0.15) is 0 Å². The molecule has 1 unspecified atom stereocenters. The fourth-order valence-electron chi connectivity index (χ4n) is 1.75. The second-order valence-corrected chi connectivity index (χ2v) is 5.51. The van der Waals surface area contributed by atoms with Crippen LogP contribution in [0.3, 0.4) is 0 Å². The number of aliphatic hydroxyl groups excluding tert-OH is 1. The molecule has 0 heterocycles. The van der Waals surface area contributed by atoms with E-state index in [-0.39, 0.29) is 13.2 Å². The fourth-order valence-corrected chi connectivity index (χ4v) is 2.21. The van der Waals surface area contributed by atoms with Gasteiger partial charge in [0.25, 0.3) is 0 Å². The van der Waals surface area contributed by atoms with E-state index in [9.17, 15) is 4.79 Å². The number of ether oxygens (including phenoxy) is 1. The van der Waals surface area contributed by atoms with E-state index in [2.05, 4.69) is 10.6 Å². The minimum atomic E-state index is -0.660. The molecule has 3 N–H and O–H groups in total. The van der Waals surface area contributed by atoms with Gasteiger partial charge in [-0.3, -0.25) is 0 Å². The van der Waals surface area contributed by atoms with E-state index in [0.717, 1.165) is 0 Å². The first-order chi connectivity index (χ1) is 9.40. The Balaban J connectivity index is 2.70. The summed E-state index contributed by atoms with van der Waals surface area (Å²) in [5.74, 6) is 0. The van der Waals surface area contributed by atoms with Gasteiger partial charge in [0, 0.05) is 18.7 Å². The maximum Gasteiger partial charge on any atom is 0.319 e. The average Bonchev–Trinajstić information content (AvgIpc) is 2.33. The van der Waals surface area contributed by atoms with Gasteiger partial charge in [0.1, 0.15) is 0 Å². The number of benzene rings is 1. The van der Waals surface area contributed by atoms with Crippen LogP contribution in [0.2, 0.25) is 10.0 Å². The molecular weight excluding hydrogens is 303 g/mol. The van der Waals surface area contributed by atoms with Crippen LogP contribution in [-0.2, 0) is 4.74 Å². The Morgan fingerprint density at radius 3 is 2.70 bits per heavy atom. The van der Waals surface area contributed by atoms with Crippen molar-refractivity contribution >= 4 is 34.9 Å². The lowest BCUT2D eigenvalue weighted by atomic mass is 10.00. The van der Waals surface area contributed by atoms with Crippen molar-refractivity contribution in [3.05, 3.63) is 28.2 Å². The summed E-state index contributed by atoms with van der Waals surface area (Å²) in [6, 6.07) is 4.36. The van der Waals surface area contributed by atoms with Crippen LogP contribution in [0.25, 0.3) is 0 Å². The van der Waals surface area contributed by atoms with Gasteiger partial charge in [-0.1, -0.05) is 23.2 Å². The average molecular weight is 321 g/mol. The predicted octanol–water partition coefficient (Wildman–Crippen LogP) is 2.90. The predicted molar refractivity (Wildman–Crippen MR) is 80.6 cm³/mol. The van der Waals surface area contributed by atoms with Crippen molar-refractivity contribution in [3.8, 4) is 0 Å². The van der Waals surface area contributed by atoms with Crippen LogP contribution in [0.1, 0.15) is 13.3 Å². The van der Waals surface area contributed by atoms with E-state index in [0.29, 0.717) is 22.2 Å². The van der Waals surface area contributed by atoms with Crippen molar-refractivity contribution < 1.29 is 14.6 Å². The highest BCUT2D eigenvalue weighted by Crippen LogP contribution is 2.25. The van der Waals surface area contributed by atoms with E-state index in [1.54, 1.807) is 25.1 Å². The molecule has 1 atom stereocenters. The van der Waals surface area contributed by atoms with Gasteiger partial charge in [0.05, 0.1) is 22.9 Å². The molecule has 2 amide bonds. The maximum atomic E-state index is 12.0. The molecule has 0 fully saturated rings. The minimum Gasteiger partial charge on any atom is -0.396 e. The summed E-state index contributed by atoms with van der Waals surface area (Å²) < 4.78 is 5.05. The quantitative estimate of drug-likeness (QED) is 0.754. The zero-order chi connectivity index (χ0) is 15.2. The van der Waals surface area contributed by atoms with E-state index >= 15 is 0 Å². The lowest BCUT2D eigenvalue weighted by molar-refractivity contribution is 0.104. The highest BCUT2D eigenvalue weighted by atomic mass is 35.5. The molecule has 0 aromatic heterocycles. The van der Waals surface area contributed by atoms with E-state index < -0.39 is 11.6 Å². The zero-order valence-electron chi connectivity index (χ0n) is 11.4. The molecule has 0 radical (unpaired) electrons. The Morgan fingerprint density at radius 1 is 1.45 bits per heavy atom. The van der Waals surface area contributed by atoms with Gasteiger partial charge in [-0.15, -0.1) is 0 Å². The number of hydrogen-bond acceptors (Lipinski definition) is 3. The topological polar surface area (TPSA) is 70.6 Å². The number of carbonyl (C=O) groups excluding carboxylic acids is 1. The highest BCUT2D eigenvalue weighted by Gasteiger charge is 2.26. The molecule has 5 nitrogen and oxygen atoms in total. The molecule has 0 saturated carbocycles. The van der Waals surface area contributed by atoms with Gasteiger partial charge in [0.15, 0.2) is 0 Å². The van der Waals surface area contributed by atoms with Crippen LogP contribution in [-0.4, -0.2) is 37.0 Å². The standard InChI is InChI=1S/C13H18Cl2N2O3/c1-13(5-6-18,8-20-2)17-12(19)16-11-4-3-9(14)7-10(11)15/h3-4,7,18H,5-6,8H2,1-2H3,(H2,16,17,19). The van der Waals surface area contributed by atoms with Gasteiger partial charge >= 0.3 is 6.03 Å². The number of urea groups is 1. The van der Waals surface area contributed by atoms with Crippen LogP contribution in [0, 0.1) is 0 Å². The van der Waals surface area contributed by atoms with Crippen molar-refractivity contribution in [2.75, 3.05) is 25.6 Å². The fraction of sp³-hybridized carbons (Fsp3) is 0.462. The molecule has 0 bridgehead atoms. The van der Waals surface area contributed by atoms with Crippen molar-refractivity contribution in [1.29, 1.82) is 0 Å². The normalized spacial score (nSPS) is 13.7. The molecule has 1 rings (SSSR count). The smallest absolute Gasteiger partial charge is 0.319 e. The molecule has 0 aliphatic heterocycles. The number of anilines is 1. The summed E-state index contributed by atoms with van der Waals surface area (Å²) in [6.45, 7) is 2.02. The maximum absolute atomic E-state index is 12.0. The number of aliphatic hydroxyl groups is 1. The summed E-state index contributed by atoms with van der Waals surface area (Å²) in [4.78, 5) is 12.0. The van der Waals surface area contributed by atoms with Crippen LogP contribution in [0.4, 0.5) is 10.5 Å². The second-order valence-electron chi connectivity index (χ2n) is 4.67. The zero-order valence-corrected chi connectivity index (χ0v) is 12.9. The van der Waals surface area contributed by atoms with Gasteiger partial charge in [-0.25, -0.2) is 4.79 Å². The number of hydrogen-bond donors (Lipinski definition) is 3. The molecule has 1 aromatic rings. The summed E-state index contributed by atoms with van der Waals surface area (Å²) >= 11 is 11.8. The number of amides is 2. The largest absolute Gasteiger partial charge is 0.396 e.